The van der Waals surface area contributed by atoms with Crippen molar-refractivity contribution in [3.05, 3.63) is 71.2 Å². The molecule has 1 saturated heterocycles. The number of benzene rings is 2. The maximum absolute atomic E-state index is 13.3. The van der Waals surface area contributed by atoms with Crippen molar-refractivity contribution in [3.63, 3.8) is 0 Å². The Hall–Kier alpha value is -3.04. The van der Waals surface area contributed by atoms with Crippen LogP contribution in [0.5, 0.6) is 0 Å². The number of sulfonamides is 1. The third-order valence-corrected chi connectivity index (χ3v) is 7.45. The lowest BCUT2D eigenvalue weighted by Crippen LogP contribution is -2.35. The molecule has 9 heteroatoms. The number of amides is 1. The number of halogens is 1. The predicted molar refractivity (Wildman–Crippen MR) is 120 cm³/mol. The maximum Gasteiger partial charge on any atom is 0.257 e. The van der Waals surface area contributed by atoms with E-state index in [-0.39, 0.29) is 16.3 Å². The second-order valence-corrected chi connectivity index (χ2v) is 9.89. The Morgan fingerprint density at radius 2 is 1.69 bits per heavy atom. The van der Waals surface area contributed by atoms with Gasteiger partial charge in [-0.1, -0.05) is 12.5 Å². The molecule has 0 atom stereocenters. The highest BCUT2D eigenvalue weighted by molar-refractivity contribution is 7.89. The zero-order chi connectivity index (χ0) is 22.9. The number of carbonyl (C=O) groups is 1. The van der Waals surface area contributed by atoms with E-state index in [9.17, 15) is 17.6 Å². The lowest BCUT2D eigenvalue weighted by Gasteiger charge is -2.26. The van der Waals surface area contributed by atoms with Gasteiger partial charge in [-0.2, -0.15) is 9.40 Å². The Balaban J connectivity index is 1.64. The van der Waals surface area contributed by atoms with E-state index < -0.39 is 15.9 Å². The van der Waals surface area contributed by atoms with Gasteiger partial charge in [0.2, 0.25) is 10.0 Å². The summed E-state index contributed by atoms with van der Waals surface area (Å²) >= 11 is 0. The fourth-order valence-corrected chi connectivity index (χ4v) is 5.36. The van der Waals surface area contributed by atoms with E-state index in [1.54, 1.807) is 44.2 Å². The molecule has 0 spiro atoms. The summed E-state index contributed by atoms with van der Waals surface area (Å²) in [6.45, 7) is 4.53. The number of nitrogens with one attached hydrogen (secondary N) is 1. The summed E-state index contributed by atoms with van der Waals surface area (Å²) in [5.74, 6) is -0.408. The molecule has 7 nitrogen and oxygen atoms in total. The average Bonchev–Trinajstić information content (AvgIpc) is 3.14. The van der Waals surface area contributed by atoms with Crippen molar-refractivity contribution in [2.45, 2.75) is 38.0 Å². The number of hydrogen-bond acceptors (Lipinski definition) is 4. The molecule has 1 fully saturated rings. The van der Waals surface area contributed by atoms with Gasteiger partial charge in [0, 0.05) is 24.7 Å². The molecule has 168 valence electrons. The first-order valence-electron chi connectivity index (χ1n) is 10.5. The molecule has 32 heavy (non-hydrogen) atoms. The highest BCUT2D eigenvalue weighted by Gasteiger charge is 2.27. The van der Waals surface area contributed by atoms with Gasteiger partial charge in [0.05, 0.1) is 16.3 Å². The molecule has 1 aromatic heterocycles. The second-order valence-electron chi connectivity index (χ2n) is 7.95. The van der Waals surface area contributed by atoms with Crippen molar-refractivity contribution in [2.75, 3.05) is 18.4 Å². The molecule has 0 radical (unpaired) electrons. The first-order valence-corrected chi connectivity index (χ1v) is 11.9. The smallest absolute Gasteiger partial charge is 0.257 e. The standard InChI is InChI=1S/C23H25FN4O3S/c1-16-6-11-20(32(30,31)27-12-4-3-5-13-27)15-21(16)23(29)25-22-14-17(2)26-28(22)19-9-7-18(24)8-10-19/h6-11,14-15H,3-5,12-13H2,1-2H3,(H,25,29). The van der Waals surface area contributed by atoms with Crippen LogP contribution >= 0.6 is 0 Å². The molecular formula is C23H25FN4O3S. The number of aromatic nitrogens is 2. The van der Waals surface area contributed by atoms with Crippen LogP contribution in [0.4, 0.5) is 10.2 Å². The summed E-state index contributed by atoms with van der Waals surface area (Å²) in [6.07, 6.45) is 2.70. The van der Waals surface area contributed by atoms with Gasteiger partial charge in [0.1, 0.15) is 11.6 Å². The van der Waals surface area contributed by atoms with E-state index in [0.29, 0.717) is 35.9 Å². The first-order chi connectivity index (χ1) is 15.3. The Labute approximate surface area is 186 Å². The van der Waals surface area contributed by atoms with Gasteiger partial charge in [0.15, 0.2) is 0 Å². The molecule has 0 unspecified atom stereocenters. The van der Waals surface area contributed by atoms with Crippen LogP contribution in [-0.2, 0) is 10.0 Å². The minimum Gasteiger partial charge on any atom is -0.306 e. The highest BCUT2D eigenvalue weighted by atomic mass is 32.2. The summed E-state index contributed by atoms with van der Waals surface area (Å²) in [5, 5.41) is 7.19. The van der Waals surface area contributed by atoms with Crippen molar-refractivity contribution >= 4 is 21.7 Å². The normalized spacial score (nSPS) is 15.0. The first kappa shape index (κ1) is 22.2. The number of anilines is 1. The molecule has 0 saturated carbocycles. The summed E-state index contributed by atoms with van der Waals surface area (Å²) < 4.78 is 42.4. The zero-order valence-corrected chi connectivity index (χ0v) is 18.8. The van der Waals surface area contributed by atoms with E-state index in [0.717, 1.165) is 19.3 Å². The zero-order valence-electron chi connectivity index (χ0n) is 18.0. The van der Waals surface area contributed by atoms with Crippen LogP contribution in [0.15, 0.2) is 53.4 Å². The van der Waals surface area contributed by atoms with Gasteiger partial charge in [-0.05, 0) is 68.7 Å². The number of rotatable bonds is 5. The maximum atomic E-state index is 13.3. The number of nitrogens with zero attached hydrogens (tertiary/aromatic N) is 3. The molecule has 2 aromatic carbocycles. The van der Waals surface area contributed by atoms with E-state index in [2.05, 4.69) is 10.4 Å². The summed E-state index contributed by atoms with van der Waals surface area (Å²) in [4.78, 5) is 13.2. The molecule has 1 aliphatic heterocycles. The molecule has 1 aliphatic rings. The number of carbonyl (C=O) groups excluding carboxylic acids is 1. The monoisotopic (exact) mass is 456 g/mol. The number of piperidine rings is 1. The van der Waals surface area contributed by atoms with Gasteiger partial charge < -0.3 is 5.32 Å². The average molecular weight is 457 g/mol. The Morgan fingerprint density at radius 3 is 2.38 bits per heavy atom. The van der Waals surface area contributed by atoms with Crippen molar-refractivity contribution < 1.29 is 17.6 Å². The van der Waals surface area contributed by atoms with E-state index >= 15 is 0 Å². The van der Waals surface area contributed by atoms with Crippen molar-refractivity contribution in [3.8, 4) is 5.69 Å². The predicted octanol–water partition coefficient (Wildman–Crippen LogP) is 4.06. The van der Waals surface area contributed by atoms with Crippen LogP contribution in [0.3, 0.4) is 0 Å². The molecule has 3 aromatic rings. The SMILES string of the molecule is Cc1cc(NC(=O)c2cc(S(=O)(=O)N3CCCCC3)ccc2C)n(-c2ccc(F)cc2)n1. The van der Waals surface area contributed by atoms with E-state index in [1.165, 1.54) is 27.2 Å². The van der Waals surface area contributed by atoms with Gasteiger partial charge in [-0.15, -0.1) is 0 Å². The fraction of sp³-hybridized carbons (Fsp3) is 0.304. The molecule has 4 rings (SSSR count). The topological polar surface area (TPSA) is 84.3 Å². The van der Waals surface area contributed by atoms with E-state index in [1.807, 2.05) is 0 Å². The van der Waals surface area contributed by atoms with Gasteiger partial charge >= 0.3 is 0 Å². The Morgan fingerprint density at radius 1 is 1.00 bits per heavy atom. The number of hydrogen-bond donors (Lipinski definition) is 1. The van der Waals surface area contributed by atoms with E-state index in [4.69, 9.17) is 0 Å². The van der Waals surface area contributed by atoms with Gasteiger partial charge in [-0.3, -0.25) is 4.79 Å². The van der Waals surface area contributed by atoms with Crippen LogP contribution in [0, 0.1) is 19.7 Å². The lowest BCUT2D eigenvalue weighted by atomic mass is 10.1. The molecule has 0 aliphatic carbocycles. The van der Waals surface area contributed by atoms with Crippen LogP contribution in [0.1, 0.15) is 40.9 Å². The highest BCUT2D eigenvalue weighted by Crippen LogP contribution is 2.24. The Bertz CT molecular complexity index is 1250. The summed E-state index contributed by atoms with van der Waals surface area (Å²) in [6, 6.07) is 12.1. The van der Waals surface area contributed by atoms with Crippen molar-refractivity contribution in [1.29, 1.82) is 0 Å². The van der Waals surface area contributed by atoms with Crippen LogP contribution in [-0.4, -0.2) is 41.5 Å². The lowest BCUT2D eigenvalue weighted by molar-refractivity contribution is 0.102. The van der Waals surface area contributed by atoms with Gasteiger partial charge in [0.25, 0.3) is 5.91 Å². The van der Waals surface area contributed by atoms with Gasteiger partial charge in [-0.25, -0.2) is 17.5 Å². The minimum atomic E-state index is -3.66. The molecule has 2 heterocycles. The van der Waals surface area contributed by atoms with Crippen LogP contribution < -0.4 is 5.32 Å². The van der Waals surface area contributed by atoms with Crippen LogP contribution in [0.2, 0.25) is 0 Å². The largest absolute Gasteiger partial charge is 0.306 e. The molecule has 0 bridgehead atoms. The molecular weight excluding hydrogens is 431 g/mol. The van der Waals surface area contributed by atoms with Crippen molar-refractivity contribution in [2.24, 2.45) is 0 Å². The third kappa shape index (κ3) is 4.44. The number of aryl methyl sites for hydroxylation is 2. The summed E-state index contributed by atoms with van der Waals surface area (Å²) in [7, 11) is -3.66. The second kappa shape index (κ2) is 8.84. The molecule has 1 N–H and O–H groups in total. The third-order valence-electron chi connectivity index (χ3n) is 5.55. The minimum absolute atomic E-state index is 0.110. The fourth-order valence-electron chi connectivity index (χ4n) is 3.81. The quantitative estimate of drug-likeness (QED) is 0.628. The summed E-state index contributed by atoms with van der Waals surface area (Å²) in [5.41, 5.74) is 2.19. The molecule has 1 amide bonds. The van der Waals surface area contributed by atoms with Crippen molar-refractivity contribution in [1.82, 2.24) is 14.1 Å². The Kier molecular flexibility index (Phi) is 6.12. The van der Waals surface area contributed by atoms with Crippen LogP contribution in [0.25, 0.3) is 5.69 Å².